The SMILES string of the molecule is CSCCC(=O)NCc1ccc(S(N)(=O)=O)s1. The van der Waals surface area contributed by atoms with E-state index >= 15 is 0 Å². The number of sulfonamides is 1. The minimum atomic E-state index is -3.63. The lowest BCUT2D eigenvalue weighted by Gasteiger charge is -2.01. The van der Waals surface area contributed by atoms with E-state index in [0.717, 1.165) is 22.0 Å². The number of primary sulfonamides is 1. The Bertz CT molecular complexity index is 481. The van der Waals surface area contributed by atoms with Crippen LogP contribution in [0.4, 0.5) is 0 Å². The van der Waals surface area contributed by atoms with Crippen molar-refractivity contribution in [2.24, 2.45) is 5.14 Å². The Labute approximate surface area is 109 Å². The van der Waals surface area contributed by atoms with Crippen LogP contribution in [0, 0.1) is 0 Å². The van der Waals surface area contributed by atoms with Gasteiger partial charge in [-0.15, -0.1) is 11.3 Å². The van der Waals surface area contributed by atoms with E-state index in [0.29, 0.717) is 13.0 Å². The molecule has 0 atom stereocenters. The van der Waals surface area contributed by atoms with Crippen molar-refractivity contribution in [2.75, 3.05) is 12.0 Å². The molecule has 96 valence electrons. The van der Waals surface area contributed by atoms with E-state index in [1.54, 1.807) is 17.8 Å². The molecule has 0 bridgehead atoms. The lowest BCUT2D eigenvalue weighted by atomic mass is 10.4. The fraction of sp³-hybridized carbons (Fsp3) is 0.444. The van der Waals surface area contributed by atoms with Crippen molar-refractivity contribution in [3.63, 3.8) is 0 Å². The summed E-state index contributed by atoms with van der Waals surface area (Å²) in [6.07, 6.45) is 2.40. The maximum absolute atomic E-state index is 11.3. The summed E-state index contributed by atoms with van der Waals surface area (Å²) in [4.78, 5) is 12.1. The van der Waals surface area contributed by atoms with Crippen LogP contribution in [0.3, 0.4) is 0 Å². The van der Waals surface area contributed by atoms with Gasteiger partial charge in [0.1, 0.15) is 4.21 Å². The van der Waals surface area contributed by atoms with Crippen LogP contribution >= 0.6 is 23.1 Å². The lowest BCUT2D eigenvalue weighted by Crippen LogP contribution is -2.22. The van der Waals surface area contributed by atoms with Crippen molar-refractivity contribution in [1.82, 2.24) is 5.32 Å². The number of nitrogens with two attached hydrogens (primary N) is 1. The van der Waals surface area contributed by atoms with Gasteiger partial charge in [-0.2, -0.15) is 11.8 Å². The Balaban J connectivity index is 2.48. The summed E-state index contributed by atoms with van der Waals surface area (Å²) in [6.45, 7) is 0.341. The molecular weight excluding hydrogens is 280 g/mol. The number of rotatable bonds is 6. The van der Waals surface area contributed by atoms with E-state index in [1.807, 2.05) is 6.26 Å². The summed E-state index contributed by atoms with van der Waals surface area (Å²) >= 11 is 2.68. The van der Waals surface area contributed by atoms with Gasteiger partial charge in [-0.25, -0.2) is 13.6 Å². The summed E-state index contributed by atoms with van der Waals surface area (Å²) in [6, 6.07) is 3.10. The van der Waals surface area contributed by atoms with Crippen LogP contribution in [-0.4, -0.2) is 26.3 Å². The zero-order chi connectivity index (χ0) is 12.9. The highest BCUT2D eigenvalue weighted by Crippen LogP contribution is 2.19. The molecule has 5 nitrogen and oxygen atoms in total. The monoisotopic (exact) mass is 294 g/mol. The number of hydrogen-bond acceptors (Lipinski definition) is 5. The molecular formula is C9H14N2O3S3. The number of amides is 1. The Hall–Kier alpha value is -0.570. The second-order valence-electron chi connectivity index (χ2n) is 3.29. The molecule has 0 aromatic carbocycles. The van der Waals surface area contributed by atoms with Gasteiger partial charge in [-0.3, -0.25) is 4.79 Å². The molecule has 1 rings (SSSR count). The average molecular weight is 294 g/mol. The molecule has 0 fully saturated rings. The third-order valence-corrected chi connectivity index (χ3v) is 5.05. The Morgan fingerprint density at radius 3 is 2.76 bits per heavy atom. The molecule has 1 heterocycles. The lowest BCUT2D eigenvalue weighted by molar-refractivity contribution is -0.120. The smallest absolute Gasteiger partial charge is 0.247 e. The summed E-state index contributed by atoms with van der Waals surface area (Å²) in [5, 5.41) is 7.71. The highest BCUT2D eigenvalue weighted by Gasteiger charge is 2.11. The van der Waals surface area contributed by atoms with Crippen molar-refractivity contribution in [1.29, 1.82) is 0 Å². The molecule has 0 saturated carbocycles. The largest absolute Gasteiger partial charge is 0.351 e. The third-order valence-electron chi connectivity index (χ3n) is 1.91. The first-order chi connectivity index (χ1) is 7.93. The minimum Gasteiger partial charge on any atom is -0.351 e. The fourth-order valence-electron chi connectivity index (χ4n) is 1.08. The number of thiophene rings is 1. The van der Waals surface area contributed by atoms with E-state index < -0.39 is 10.0 Å². The zero-order valence-electron chi connectivity index (χ0n) is 9.30. The van der Waals surface area contributed by atoms with Gasteiger partial charge in [-0.1, -0.05) is 0 Å². The topological polar surface area (TPSA) is 89.3 Å². The quantitative estimate of drug-likeness (QED) is 0.811. The summed E-state index contributed by atoms with van der Waals surface area (Å²) in [7, 11) is -3.63. The summed E-state index contributed by atoms with van der Waals surface area (Å²) < 4.78 is 22.2. The van der Waals surface area contributed by atoms with E-state index in [2.05, 4.69) is 5.32 Å². The predicted molar refractivity (Wildman–Crippen MR) is 70.5 cm³/mol. The van der Waals surface area contributed by atoms with Crippen LogP contribution in [-0.2, 0) is 21.4 Å². The van der Waals surface area contributed by atoms with Gasteiger partial charge in [0.05, 0.1) is 6.54 Å². The Morgan fingerprint density at radius 2 is 2.24 bits per heavy atom. The van der Waals surface area contributed by atoms with Crippen molar-refractivity contribution in [3.8, 4) is 0 Å². The first-order valence-corrected chi connectivity index (χ1v) is 8.56. The van der Waals surface area contributed by atoms with Crippen molar-refractivity contribution < 1.29 is 13.2 Å². The van der Waals surface area contributed by atoms with Gasteiger partial charge in [0.25, 0.3) is 0 Å². The molecule has 0 aliphatic rings. The highest BCUT2D eigenvalue weighted by atomic mass is 32.2. The molecule has 3 N–H and O–H groups in total. The first-order valence-electron chi connectivity index (χ1n) is 4.80. The Kier molecular flexibility index (Phi) is 5.44. The van der Waals surface area contributed by atoms with Gasteiger partial charge in [0, 0.05) is 17.1 Å². The molecule has 0 radical (unpaired) electrons. The summed E-state index contributed by atoms with van der Waals surface area (Å²) in [5.41, 5.74) is 0. The second-order valence-corrected chi connectivity index (χ2v) is 7.23. The molecule has 0 spiro atoms. The van der Waals surface area contributed by atoms with Crippen LogP contribution in [0.5, 0.6) is 0 Å². The van der Waals surface area contributed by atoms with Crippen LogP contribution in [0.2, 0.25) is 0 Å². The first kappa shape index (κ1) is 14.5. The highest BCUT2D eigenvalue weighted by molar-refractivity contribution is 7.98. The normalized spacial score (nSPS) is 11.4. The molecule has 0 aliphatic carbocycles. The van der Waals surface area contributed by atoms with Gasteiger partial charge in [-0.05, 0) is 18.4 Å². The number of carbonyl (C=O) groups is 1. The number of hydrogen-bond donors (Lipinski definition) is 2. The maximum Gasteiger partial charge on any atom is 0.247 e. The zero-order valence-corrected chi connectivity index (χ0v) is 11.8. The van der Waals surface area contributed by atoms with Gasteiger partial charge >= 0.3 is 0 Å². The molecule has 0 saturated heterocycles. The van der Waals surface area contributed by atoms with Crippen LogP contribution in [0.15, 0.2) is 16.3 Å². The van der Waals surface area contributed by atoms with Crippen LogP contribution in [0.1, 0.15) is 11.3 Å². The molecule has 1 aromatic rings. The molecule has 1 aromatic heterocycles. The minimum absolute atomic E-state index is 0.0371. The van der Waals surface area contributed by atoms with Gasteiger partial charge in [0.15, 0.2) is 0 Å². The molecule has 1 amide bonds. The third kappa shape index (κ3) is 5.07. The molecule has 0 unspecified atom stereocenters. The van der Waals surface area contributed by atoms with Crippen molar-refractivity contribution in [2.45, 2.75) is 17.2 Å². The fourth-order valence-corrected chi connectivity index (χ4v) is 3.18. The van der Waals surface area contributed by atoms with E-state index in [9.17, 15) is 13.2 Å². The second kappa shape index (κ2) is 6.39. The van der Waals surface area contributed by atoms with Gasteiger partial charge in [0.2, 0.25) is 15.9 Å². The van der Waals surface area contributed by atoms with Gasteiger partial charge < -0.3 is 5.32 Å². The van der Waals surface area contributed by atoms with Crippen molar-refractivity contribution >= 4 is 39.0 Å². The number of thioether (sulfide) groups is 1. The molecule has 0 aliphatic heterocycles. The predicted octanol–water partition coefficient (Wildman–Crippen LogP) is 0.765. The van der Waals surface area contributed by atoms with E-state index in [-0.39, 0.29) is 10.1 Å². The molecule has 8 heteroatoms. The Morgan fingerprint density at radius 1 is 1.53 bits per heavy atom. The standard InChI is InChI=1S/C9H14N2O3S3/c1-15-5-4-8(12)11-6-7-2-3-9(16-7)17(10,13)14/h2-3H,4-6H2,1H3,(H,11,12)(H2,10,13,14). The summed E-state index contributed by atoms with van der Waals surface area (Å²) in [5.74, 6) is 0.739. The average Bonchev–Trinajstić information content (AvgIpc) is 2.71. The van der Waals surface area contributed by atoms with Crippen molar-refractivity contribution in [3.05, 3.63) is 17.0 Å². The van der Waals surface area contributed by atoms with Crippen LogP contribution in [0.25, 0.3) is 0 Å². The number of carbonyl (C=O) groups excluding carboxylic acids is 1. The molecule has 17 heavy (non-hydrogen) atoms. The van der Waals surface area contributed by atoms with E-state index in [1.165, 1.54) is 6.07 Å². The maximum atomic E-state index is 11.3. The van der Waals surface area contributed by atoms with E-state index in [4.69, 9.17) is 5.14 Å². The number of nitrogens with one attached hydrogen (secondary N) is 1. The van der Waals surface area contributed by atoms with Crippen LogP contribution < -0.4 is 10.5 Å².